The van der Waals surface area contributed by atoms with Gasteiger partial charge in [0, 0.05) is 0 Å². The topological polar surface area (TPSA) is 50.7 Å². The number of aryl methyl sites for hydroxylation is 2. The third-order valence-electron chi connectivity index (χ3n) is 3.91. The molecule has 0 unspecified atom stereocenters. The third kappa shape index (κ3) is 5.75. The average Bonchev–Trinajstić information content (AvgIpc) is 2.54. The summed E-state index contributed by atoms with van der Waals surface area (Å²) < 4.78 is 5.49. The number of hydrogen-bond acceptors (Lipinski definition) is 3. The summed E-state index contributed by atoms with van der Waals surface area (Å²) in [6.45, 7) is 10.5. The minimum absolute atomic E-state index is 0.0704. The number of carbonyl (C=O) groups excluding carboxylic acids is 1. The zero-order chi connectivity index (χ0) is 18.4. The Bertz CT molecular complexity index is 756. The predicted molar refractivity (Wildman–Crippen MR) is 102 cm³/mol. The van der Waals surface area contributed by atoms with Gasteiger partial charge in [-0.25, -0.2) is 5.43 Å². The molecule has 0 aromatic heterocycles. The van der Waals surface area contributed by atoms with Crippen LogP contribution in [0.3, 0.4) is 0 Å². The Morgan fingerprint density at radius 1 is 1.12 bits per heavy atom. The Morgan fingerprint density at radius 2 is 1.80 bits per heavy atom. The molecule has 4 heteroatoms. The van der Waals surface area contributed by atoms with Crippen molar-refractivity contribution < 1.29 is 9.53 Å². The first-order valence-electron chi connectivity index (χ1n) is 8.38. The van der Waals surface area contributed by atoms with Gasteiger partial charge >= 0.3 is 0 Å². The minimum Gasteiger partial charge on any atom is -0.484 e. The van der Waals surface area contributed by atoms with Crippen LogP contribution in [0.1, 0.15) is 43.0 Å². The summed E-state index contributed by atoms with van der Waals surface area (Å²) in [6, 6.07) is 13.9. The van der Waals surface area contributed by atoms with Gasteiger partial charge in [-0.05, 0) is 48.1 Å². The van der Waals surface area contributed by atoms with Gasteiger partial charge in [-0.2, -0.15) is 5.10 Å². The SMILES string of the molecule is Cc1ccc(/C=N\NC(=O)COc2ccc(C(C)(C)C)cc2)c(C)c1. The molecule has 1 amide bonds. The third-order valence-corrected chi connectivity index (χ3v) is 3.91. The van der Waals surface area contributed by atoms with Gasteiger partial charge in [0.1, 0.15) is 5.75 Å². The number of ether oxygens (including phenoxy) is 1. The maximum Gasteiger partial charge on any atom is 0.277 e. The fourth-order valence-corrected chi connectivity index (χ4v) is 2.38. The highest BCUT2D eigenvalue weighted by Crippen LogP contribution is 2.24. The normalized spacial score (nSPS) is 11.6. The van der Waals surface area contributed by atoms with E-state index in [1.54, 1.807) is 6.21 Å². The van der Waals surface area contributed by atoms with Gasteiger partial charge in [0.25, 0.3) is 5.91 Å². The van der Waals surface area contributed by atoms with Crippen molar-refractivity contribution in [3.63, 3.8) is 0 Å². The second-order valence-electron chi connectivity index (χ2n) is 7.22. The molecule has 0 aliphatic carbocycles. The Kier molecular flexibility index (Phi) is 5.97. The van der Waals surface area contributed by atoms with Crippen LogP contribution in [0.4, 0.5) is 0 Å². The quantitative estimate of drug-likeness (QED) is 0.658. The van der Waals surface area contributed by atoms with Crippen molar-refractivity contribution in [2.45, 2.75) is 40.0 Å². The lowest BCUT2D eigenvalue weighted by Gasteiger charge is -2.19. The van der Waals surface area contributed by atoms with E-state index < -0.39 is 0 Å². The monoisotopic (exact) mass is 338 g/mol. The van der Waals surface area contributed by atoms with Crippen molar-refractivity contribution in [2.24, 2.45) is 5.10 Å². The molecule has 0 radical (unpaired) electrons. The van der Waals surface area contributed by atoms with Gasteiger partial charge in [0.15, 0.2) is 6.61 Å². The highest BCUT2D eigenvalue weighted by Gasteiger charge is 2.13. The number of hydrogen-bond donors (Lipinski definition) is 1. The predicted octanol–water partition coefficient (Wildman–Crippen LogP) is 4.13. The van der Waals surface area contributed by atoms with E-state index in [-0.39, 0.29) is 17.9 Å². The van der Waals surface area contributed by atoms with E-state index in [0.29, 0.717) is 5.75 Å². The first-order valence-corrected chi connectivity index (χ1v) is 8.38. The number of amides is 1. The summed E-state index contributed by atoms with van der Waals surface area (Å²) >= 11 is 0. The van der Waals surface area contributed by atoms with Crippen LogP contribution in [-0.2, 0) is 10.2 Å². The summed E-state index contributed by atoms with van der Waals surface area (Å²) in [4.78, 5) is 11.8. The van der Waals surface area contributed by atoms with Crippen LogP contribution < -0.4 is 10.2 Å². The Labute approximate surface area is 149 Å². The second kappa shape index (κ2) is 7.97. The van der Waals surface area contributed by atoms with E-state index in [1.165, 1.54) is 11.1 Å². The van der Waals surface area contributed by atoms with Crippen LogP contribution in [-0.4, -0.2) is 18.7 Å². The van der Waals surface area contributed by atoms with Crippen molar-refractivity contribution in [1.82, 2.24) is 5.43 Å². The minimum atomic E-state index is -0.291. The molecule has 1 N–H and O–H groups in total. The summed E-state index contributed by atoms with van der Waals surface area (Å²) in [5.41, 5.74) is 7.10. The largest absolute Gasteiger partial charge is 0.484 e. The van der Waals surface area contributed by atoms with Gasteiger partial charge < -0.3 is 4.74 Å². The fraction of sp³-hybridized carbons (Fsp3) is 0.333. The molecular formula is C21H26N2O2. The molecule has 0 spiro atoms. The van der Waals surface area contributed by atoms with Crippen LogP contribution >= 0.6 is 0 Å². The van der Waals surface area contributed by atoms with E-state index >= 15 is 0 Å². The molecule has 0 heterocycles. The molecule has 0 atom stereocenters. The number of carbonyl (C=O) groups is 1. The lowest BCUT2D eigenvalue weighted by atomic mass is 9.87. The standard InChI is InChI=1S/C21H26N2O2/c1-15-6-7-17(16(2)12-15)13-22-23-20(24)14-25-19-10-8-18(9-11-19)21(3,4)5/h6-13H,14H2,1-5H3,(H,23,24)/b22-13-. The molecule has 132 valence electrons. The number of benzene rings is 2. The van der Waals surface area contributed by atoms with Crippen LogP contribution in [0, 0.1) is 13.8 Å². The summed E-state index contributed by atoms with van der Waals surface area (Å²) in [5, 5.41) is 3.99. The molecular weight excluding hydrogens is 312 g/mol. The summed E-state index contributed by atoms with van der Waals surface area (Å²) in [6.07, 6.45) is 1.64. The van der Waals surface area contributed by atoms with Crippen LogP contribution in [0.5, 0.6) is 5.75 Å². The number of nitrogens with one attached hydrogen (secondary N) is 1. The molecule has 2 aromatic rings. The number of rotatable bonds is 5. The van der Waals surface area contributed by atoms with Crippen LogP contribution in [0.2, 0.25) is 0 Å². The van der Waals surface area contributed by atoms with Crippen molar-refractivity contribution >= 4 is 12.1 Å². The number of nitrogens with zero attached hydrogens (tertiary/aromatic N) is 1. The lowest BCUT2D eigenvalue weighted by molar-refractivity contribution is -0.123. The molecule has 0 saturated carbocycles. The smallest absolute Gasteiger partial charge is 0.277 e. The van der Waals surface area contributed by atoms with Gasteiger partial charge in [0.2, 0.25) is 0 Å². The molecule has 2 aromatic carbocycles. The fourth-order valence-electron chi connectivity index (χ4n) is 2.38. The van der Waals surface area contributed by atoms with Crippen LogP contribution in [0.15, 0.2) is 47.6 Å². The zero-order valence-corrected chi connectivity index (χ0v) is 15.6. The summed E-state index contributed by atoms with van der Waals surface area (Å²) in [7, 11) is 0. The van der Waals surface area contributed by atoms with Crippen molar-refractivity contribution in [3.05, 3.63) is 64.7 Å². The van der Waals surface area contributed by atoms with E-state index in [9.17, 15) is 4.79 Å². The molecule has 0 aliphatic heterocycles. The molecule has 0 fully saturated rings. The van der Waals surface area contributed by atoms with Crippen LogP contribution in [0.25, 0.3) is 0 Å². The first kappa shape index (κ1) is 18.7. The van der Waals surface area contributed by atoms with Gasteiger partial charge in [-0.15, -0.1) is 0 Å². The molecule has 4 nitrogen and oxygen atoms in total. The van der Waals surface area contributed by atoms with Gasteiger partial charge in [0.05, 0.1) is 6.21 Å². The van der Waals surface area contributed by atoms with Gasteiger partial charge in [-0.1, -0.05) is 56.7 Å². The Morgan fingerprint density at radius 3 is 2.40 bits per heavy atom. The molecule has 0 aliphatic rings. The second-order valence-corrected chi connectivity index (χ2v) is 7.22. The summed E-state index contributed by atoms with van der Waals surface area (Å²) in [5.74, 6) is 0.377. The van der Waals surface area contributed by atoms with Crippen molar-refractivity contribution in [2.75, 3.05) is 6.61 Å². The highest BCUT2D eigenvalue weighted by molar-refractivity contribution is 5.84. The Hall–Kier alpha value is -2.62. The maximum absolute atomic E-state index is 11.8. The van der Waals surface area contributed by atoms with E-state index in [4.69, 9.17) is 4.74 Å². The Balaban J connectivity index is 1.83. The lowest BCUT2D eigenvalue weighted by Crippen LogP contribution is -2.24. The van der Waals surface area contributed by atoms with Gasteiger partial charge in [-0.3, -0.25) is 4.79 Å². The molecule has 0 saturated heterocycles. The first-order chi connectivity index (χ1) is 11.8. The van der Waals surface area contributed by atoms with E-state index in [1.807, 2.05) is 50.2 Å². The van der Waals surface area contributed by atoms with Crippen molar-refractivity contribution in [1.29, 1.82) is 0 Å². The van der Waals surface area contributed by atoms with E-state index in [2.05, 4.69) is 37.4 Å². The number of hydrazone groups is 1. The van der Waals surface area contributed by atoms with Crippen molar-refractivity contribution in [3.8, 4) is 5.75 Å². The molecule has 2 rings (SSSR count). The highest BCUT2D eigenvalue weighted by atomic mass is 16.5. The zero-order valence-electron chi connectivity index (χ0n) is 15.6. The van der Waals surface area contributed by atoms with E-state index in [0.717, 1.165) is 11.1 Å². The molecule has 25 heavy (non-hydrogen) atoms. The average molecular weight is 338 g/mol. The molecule has 0 bridgehead atoms. The maximum atomic E-state index is 11.8.